The Morgan fingerprint density at radius 1 is 0.763 bits per heavy atom. The summed E-state index contributed by atoms with van der Waals surface area (Å²) in [6.45, 7) is 4.18. The van der Waals surface area contributed by atoms with Crippen molar-refractivity contribution >= 4 is 33.5 Å². The molecule has 6 aromatic rings. The molecular formula is C33H28N4O. The number of para-hydroxylation sites is 3. The van der Waals surface area contributed by atoms with Crippen LogP contribution in [0.15, 0.2) is 97.1 Å². The zero-order valence-electron chi connectivity index (χ0n) is 21.5. The molecule has 6 rings (SSSR count). The third-order valence-electron chi connectivity index (χ3n) is 7.06. The Morgan fingerprint density at radius 3 is 2.32 bits per heavy atom. The maximum Gasteiger partial charge on any atom is 0.256 e. The number of anilines is 1. The maximum absolute atomic E-state index is 13.5. The molecule has 5 heteroatoms. The van der Waals surface area contributed by atoms with Crippen molar-refractivity contribution in [1.29, 1.82) is 0 Å². The van der Waals surface area contributed by atoms with E-state index >= 15 is 0 Å². The molecule has 0 fully saturated rings. The number of fused-ring (bicyclic) bond motifs is 2. The summed E-state index contributed by atoms with van der Waals surface area (Å²) in [4.78, 5) is 26.4. The van der Waals surface area contributed by atoms with E-state index in [-0.39, 0.29) is 5.91 Å². The average molecular weight is 497 g/mol. The summed E-state index contributed by atoms with van der Waals surface area (Å²) in [6, 6.07) is 32.1. The second-order valence-electron chi connectivity index (χ2n) is 9.72. The fraction of sp³-hybridized carbons (Fsp3) is 0.121. The minimum Gasteiger partial charge on any atom is -0.342 e. The van der Waals surface area contributed by atoms with Gasteiger partial charge in [0.05, 0.1) is 27.8 Å². The predicted molar refractivity (Wildman–Crippen MR) is 155 cm³/mol. The maximum atomic E-state index is 13.5. The normalized spacial score (nSPS) is 11.2. The number of hydrogen-bond donors (Lipinski definition) is 2. The van der Waals surface area contributed by atoms with Gasteiger partial charge in [-0.1, -0.05) is 54.6 Å². The van der Waals surface area contributed by atoms with Crippen LogP contribution in [0.4, 0.5) is 5.69 Å². The minimum absolute atomic E-state index is 0.149. The quantitative estimate of drug-likeness (QED) is 0.252. The third kappa shape index (κ3) is 4.78. The topological polar surface area (TPSA) is 70.7 Å². The van der Waals surface area contributed by atoms with Crippen LogP contribution < -0.4 is 5.32 Å². The van der Waals surface area contributed by atoms with Crippen molar-refractivity contribution in [3.05, 3.63) is 125 Å². The van der Waals surface area contributed by atoms with E-state index in [1.807, 2.05) is 66.7 Å². The molecule has 0 radical (unpaired) electrons. The molecule has 186 valence electrons. The van der Waals surface area contributed by atoms with Gasteiger partial charge in [-0.05, 0) is 79.4 Å². The predicted octanol–water partition coefficient (Wildman–Crippen LogP) is 7.43. The van der Waals surface area contributed by atoms with Crippen LogP contribution in [0, 0.1) is 13.8 Å². The first-order valence-corrected chi connectivity index (χ1v) is 12.8. The second kappa shape index (κ2) is 9.94. The van der Waals surface area contributed by atoms with Gasteiger partial charge < -0.3 is 10.3 Å². The summed E-state index contributed by atoms with van der Waals surface area (Å²) >= 11 is 0. The highest BCUT2D eigenvalue weighted by Gasteiger charge is 2.15. The number of imidazole rings is 1. The van der Waals surface area contributed by atoms with Gasteiger partial charge in [-0.25, -0.2) is 9.97 Å². The lowest BCUT2D eigenvalue weighted by molar-refractivity contribution is 0.102. The molecule has 38 heavy (non-hydrogen) atoms. The smallest absolute Gasteiger partial charge is 0.256 e. The molecule has 4 aromatic carbocycles. The molecule has 0 spiro atoms. The molecule has 0 saturated heterocycles. The van der Waals surface area contributed by atoms with Crippen LogP contribution in [0.5, 0.6) is 0 Å². The SMILES string of the molecule is Cc1ccc(-c2cc(C(=O)Nc3ccc(CCc4nc5ccccc5[nH]4)cc3)c3ccccc3n2)cc1C. The van der Waals surface area contributed by atoms with Crippen molar-refractivity contribution < 1.29 is 4.79 Å². The number of nitrogens with one attached hydrogen (secondary N) is 2. The number of H-pyrrole nitrogens is 1. The number of amides is 1. The van der Waals surface area contributed by atoms with E-state index < -0.39 is 0 Å². The van der Waals surface area contributed by atoms with Gasteiger partial charge in [-0.3, -0.25) is 4.79 Å². The van der Waals surface area contributed by atoms with Crippen LogP contribution in [0.1, 0.15) is 32.9 Å². The number of pyridine rings is 1. The average Bonchev–Trinajstić information content (AvgIpc) is 3.36. The van der Waals surface area contributed by atoms with Crippen molar-refractivity contribution in [2.45, 2.75) is 26.7 Å². The van der Waals surface area contributed by atoms with Crippen LogP contribution in [-0.2, 0) is 12.8 Å². The van der Waals surface area contributed by atoms with Gasteiger partial charge in [0.2, 0.25) is 0 Å². The van der Waals surface area contributed by atoms with Gasteiger partial charge in [0.1, 0.15) is 5.82 Å². The number of rotatable bonds is 6. The van der Waals surface area contributed by atoms with E-state index in [0.29, 0.717) is 5.56 Å². The Hall–Kier alpha value is -4.77. The standard InChI is InChI=1S/C33H28N4O/c1-21-11-15-24(19-22(21)2)31-20-27(26-7-3-4-8-28(26)35-31)33(38)34-25-16-12-23(13-17-25)14-18-32-36-29-9-5-6-10-30(29)37-32/h3-13,15-17,19-20H,14,18H2,1-2H3,(H,34,38)(H,36,37). The number of nitrogens with zero attached hydrogens (tertiary/aromatic N) is 2. The Labute approximate surface area is 221 Å². The van der Waals surface area contributed by atoms with E-state index in [9.17, 15) is 4.79 Å². The van der Waals surface area contributed by atoms with Gasteiger partial charge >= 0.3 is 0 Å². The summed E-state index contributed by atoms with van der Waals surface area (Å²) in [5.74, 6) is 0.830. The molecule has 0 aliphatic carbocycles. The second-order valence-corrected chi connectivity index (χ2v) is 9.72. The number of carbonyl (C=O) groups is 1. The highest BCUT2D eigenvalue weighted by molar-refractivity contribution is 6.13. The number of hydrogen-bond acceptors (Lipinski definition) is 3. The zero-order valence-corrected chi connectivity index (χ0v) is 21.5. The highest BCUT2D eigenvalue weighted by atomic mass is 16.1. The number of carbonyl (C=O) groups excluding carboxylic acids is 1. The lowest BCUT2D eigenvalue weighted by Crippen LogP contribution is -2.13. The van der Waals surface area contributed by atoms with Crippen molar-refractivity contribution in [3.63, 3.8) is 0 Å². The Balaban J connectivity index is 1.21. The van der Waals surface area contributed by atoms with E-state index in [0.717, 1.165) is 57.5 Å². The Bertz CT molecular complexity index is 1750. The number of aromatic amines is 1. The van der Waals surface area contributed by atoms with E-state index in [1.165, 1.54) is 16.7 Å². The van der Waals surface area contributed by atoms with Crippen LogP contribution in [0.2, 0.25) is 0 Å². The Kier molecular flexibility index (Phi) is 6.18. The summed E-state index contributed by atoms with van der Waals surface area (Å²) < 4.78 is 0. The highest BCUT2D eigenvalue weighted by Crippen LogP contribution is 2.27. The molecule has 1 amide bonds. The van der Waals surface area contributed by atoms with E-state index in [1.54, 1.807) is 0 Å². The Morgan fingerprint density at radius 2 is 1.53 bits per heavy atom. The lowest BCUT2D eigenvalue weighted by atomic mass is 10.0. The molecule has 0 unspecified atom stereocenters. The van der Waals surface area contributed by atoms with Crippen LogP contribution >= 0.6 is 0 Å². The number of aryl methyl sites for hydroxylation is 4. The van der Waals surface area contributed by atoms with Crippen molar-refractivity contribution in [2.24, 2.45) is 0 Å². The van der Waals surface area contributed by atoms with Gasteiger partial charge in [0, 0.05) is 23.1 Å². The molecular weight excluding hydrogens is 468 g/mol. The summed E-state index contributed by atoms with van der Waals surface area (Å²) in [5.41, 5.74) is 9.63. The molecule has 2 heterocycles. The van der Waals surface area contributed by atoms with Crippen molar-refractivity contribution in [3.8, 4) is 11.3 Å². The minimum atomic E-state index is -0.149. The first kappa shape index (κ1) is 23.6. The number of benzene rings is 4. The molecule has 0 saturated carbocycles. The molecule has 0 bridgehead atoms. The first-order valence-electron chi connectivity index (χ1n) is 12.8. The fourth-order valence-electron chi connectivity index (χ4n) is 4.75. The zero-order chi connectivity index (χ0) is 26.1. The van der Waals surface area contributed by atoms with Gasteiger partial charge in [0.25, 0.3) is 5.91 Å². The van der Waals surface area contributed by atoms with Crippen molar-refractivity contribution in [1.82, 2.24) is 15.0 Å². The van der Waals surface area contributed by atoms with Gasteiger partial charge in [0.15, 0.2) is 0 Å². The molecule has 2 N–H and O–H groups in total. The first-order chi connectivity index (χ1) is 18.5. The summed E-state index contributed by atoms with van der Waals surface area (Å²) in [6.07, 6.45) is 1.69. The molecule has 0 atom stereocenters. The largest absolute Gasteiger partial charge is 0.342 e. The molecule has 0 aliphatic heterocycles. The van der Waals surface area contributed by atoms with Gasteiger partial charge in [-0.15, -0.1) is 0 Å². The van der Waals surface area contributed by atoms with E-state index in [2.05, 4.69) is 59.5 Å². The van der Waals surface area contributed by atoms with Gasteiger partial charge in [-0.2, -0.15) is 0 Å². The van der Waals surface area contributed by atoms with E-state index in [4.69, 9.17) is 4.98 Å². The third-order valence-corrected chi connectivity index (χ3v) is 7.06. The number of aromatic nitrogens is 3. The molecule has 0 aliphatic rings. The van der Waals surface area contributed by atoms with Crippen molar-refractivity contribution in [2.75, 3.05) is 5.32 Å². The van der Waals surface area contributed by atoms with Crippen LogP contribution in [0.25, 0.3) is 33.2 Å². The summed E-state index contributed by atoms with van der Waals surface area (Å²) in [7, 11) is 0. The molecule has 5 nitrogen and oxygen atoms in total. The van der Waals surface area contributed by atoms with Crippen LogP contribution in [-0.4, -0.2) is 20.9 Å². The fourth-order valence-corrected chi connectivity index (χ4v) is 4.75. The van der Waals surface area contributed by atoms with Crippen LogP contribution in [0.3, 0.4) is 0 Å². The lowest BCUT2D eigenvalue weighted by Gasteiger charge is -2.12. The molecule has 2 aromatic heterocycles. The monoisotopic (exact) mass is 496 g/mol. The summed E-state index contributed by atoms with van der Waals surface area (Å²) in [5, 5.41) is 3.92.